The zero-order valence-electron chi connectivity index (χ0n) is 11.9. The van der Waals surface area contributed by atoms with E-state index in [4.69, 9.17) is 11.6 Å². The largest absolute Gasteiger partial charge is 0.322 e. The van der Waals surface area contributed by atoms with Crippen LogP contribution in [0.3, 0.4) is 0 Å². The van der Waals surface area contributed by atoms with Crippen LogP contribution in [-0.2, 0) is 13.0 Å². The fraction of sp³-hybridized carbons (Fsp3) is 0.235. The molecule has 108 valence electrons. The van der Waals surface area contributed by atoms with Crippen molar-refractivity contribution in [2.24, 2.45) is 0 Å². The number of carbonyl (C=O) groups excluding carboxylic acids is 1. The zero-order valence-corrected chi connectivity index (χ0v) is 12.6. The predicted octanol–water partition coefficient (Wildman–Crippen LogP) is 3.55. The summed E-state index contributed by atoms with van der Waals surface area (Å²) < 4.78 is 0. The molecular weight excluding hydrogens is 284 g/mol. The Morgan fingerprint density at radius 3 is 2.95 bits per heavy atom. The van der Waals surface area contributed by atoms with Crippen molar-refractivity contribution >= 4 is 23.2 Å². The summed E-state index contributed by atoms with van der Waals surface area (Å²) in [6.07, 6.45) is 0.924. The first-order chi connectivity index (χ1) is 10.1. The maximum Gasteiger partial charge on any atom is 0.257 e. The molecule has 0 unspecified atom stereocenters. The number of amides is 1. The summed E-state index contributed by atoms with van der Waals surface area (Å²) in [7, 11) is 0. The summed E-state index contributed by atoms with van der Waals surface area (Å²) in [6.45, 7) is 3.74. The van der Waals surface area contributed by atoms with E-state index >= 15 is 0 Å². The van der Waals surface area contributed by atoms with E-state index in [1.165, 1.54) is 11.1 Å². The van der Waals surface area contributed by atoms with Gasteiger partial charge in [0.25, 0.3) is 5.91 Å². The molecule has 1 aliphatic rings. The normalized spacial score (nSPS) is 13.6. The molecule has 4 heteroatoms. The van der Waals surface area contributed by atoms with Gasteiger partial charge in [-0.1, -0.05) is 29.8 Å². The summed E-state index contributed by atoms with van der Waals surface area (Å²) in [5, 5.41) is 6.82. The van der Waals surface area contributed by atoms with Crippen molar-refractivity contribution in [3.05, 3.63) is 63.7 Å². The van der Waals surface area contributed by atoms with Gasteiger partial charge in [0.15, 0.2) is 0 Å². The van der Waals surface area contributed by atoms with Crippen LogP contribution in [0.25, 0.3) is 0 Å². The lowest BCUT2D eigenvalue weighted by Crippen LogP contribution is -2.25. The first kappa shape index (κ1) is 14.1. The molecule has 0 atom stereocenters. The SMILES string of the molecule is Cc1ccc(C(=O)Nc2cccc3c2CCNC3)c(Cl)c1. The number of carbonyl (C=O) groups is 1. The van der Waals surface area contributed by atoms with Crippen molar-refractivity contribution in [2.75, 3.05) is 11.9 Å². The number of halogens is 1. The quantitative estimate of drug-likeness (QED) is 0.890. The second-order valence-corrected chi connectivity index (χ2v) is 5.71. The highest BCUT2D eigenvalue weighted by Crippen LogP contribution is 2.25. The van der Waals surface area contributed by atoms with E-state index in [9.17, 15) is 4.79 Å². The number of anilines is 1. The summed E-state index contributed by atoms with van der Waals surface area (Å²) in [5.74, 6) is -0.160. The van der Waals surface area contributed by atoms with E-state index in [1.54, 1.807) is 12.1 Å². The number of aryl methyl sites for hydroxylation is 1. The van der Waals surface area contributed by atoms with Gasteiger partial charge in [-0.3, -0.25) is 4.79 Å². The Kier molecular flexibility index (Phi) is 3.95. The maximum atomic E-state index is 12.4. The Morgan fingerprint density at radius 1 is 1.29 bits per heavy atom. The van der Waals surface area contributed by atoms with E-state index in [2.05, 4.69) is 16.7 Å². The fourth-order valence-corrected chi connectivity index (χ4v) is 2.96. The van der Waals surface area contributed by atoms with Gasteiger partial charge >= 0.3 is 0 Å². The van der Waals surface area contributed by atoms with Gasteiger partial charge in [0, 0.05) is 12.2 Å². The van der Waals surface area contributed by atoms with Crippen LogP contribution in [0, 0.1) is 6.92 Å². The van der Waals surface area contributed by atoms with Gasteiger partial charge in [-0.2, -0.15) is 0 Å². The Bertz CT molecular complexity index is 697. The topological polar surface area (TPSA) is 41.1 Å². The molecular formula is C17H17ClN2O. The smallest absolute Gasteiger partial charge is 0.257 e. The van der Waals surface area contributed by atoms with Crippen LogP contribution in [0.4, 0.5) is 5.69 Å². The molecule has 1 heterocycles. The molecule has 1 amide bonds. The summed E-state index contributed by atoms with van der Waals surface area (Å²) >= 11 is 6.16. The van der Waals surface area contributed by atoms with E-state index in [0.29, 0.717) is 10.6 Å². The predicted molar refractivity (Wildman–Crippen MR) is 86.0 cm³/mol. The summed E-state index contributed by atoms with van der Waals surface area (Å²) in [4.78, 5) is 12.4. The van der Waals surface area contributed by atoms with Gasteiger partial charge < -0.3 is 10.6 Å². The molecule has 0 bridgehead atoms. The molecule has 2 N–H and O–H groups in total. The van der Waals surface area contributed by atoms with Crippen LogP contribution in [0.1, 0.15) is 27.0 Å². The van der Waals surface area contributed by atoms with Gasteiger partial charge in [-0.15, -0.1) is 0 Å². The Hall–Kier alpha value is -1.84. The van der Waals surface area contributed by atoms with E-state index in [-0.39, 0.29) is 5.91 Å². The molecule has 3 nitrogen and oxygen atoms in total. The number of hydrogen-bond acceptors (Lipinski definition) is 2. The number of fused-ring (bicyclic) bond motifs is 1. The molecule has 0 aliphatic carbocycles. The molecule has 0 radical (unpaired) electrons. The van der Waals surface area contributed by atoms with Crippen LogP contribution in [0.5, 0.6) is 0 Å². The third-order valence-electron chi connectivity index (χ3n) is 3.76. The van der Waals surface area contributed by atoms with Crippen LogP contribution in [0.2, 0.25) is 5.02 Å². The lowest BCUT2D eigenvalue weighted by atomic mass is 9.99. The second-order valence-electron chi connectivity index (χ2n) is 5.31. The van der Waals surface area contributed by atoms with Crippen molar-refractivity contribution in [3.63, 3.8) is 0 Å². The van der Waals surface area contributed by atoms with Crippen molar-refractivity contribution in [2.45, 2.75) is 19.9 Å². The second kappa shape index (κ2) is 5.88. The molecule has 0 aromatic heterocycles. The van der Waals surface area contributed by atoms with Gasteiger partial charge in [0.2, 0.25) is 0 Å². The molecule has 0 saturated heterocycles. The summed E-state index contributed by atoms with van der Waals surface area (Å²) in [6, 6.07) is 11.5. The number of rotatable bonds is 2. The van der Waals surface area contributed by atoms with Crippen LogP contribution < -0.4 is 10.6 Å². The molecule has 2 aromatic carbocycles. The Labute approximate surface area is 129 Å². The number of nitrogens with one attached hydrogen (secondary N) is 2. The number of hydrogen-bond donors (Lipinski definition) is 2. The molecule has 0 saturated carbocycles. The minimum Gasteiger partial charge on any atom is -0.322 e. The van der Waals surface area contributed by atoms with Crippen molar-refractivity contribution < 1.29 is 4.79 Å². The van der Waals surface area contributed by atoms with Crippen LogP contribution >= 0.6 is 11.6 Å². The molecule has 1 aliphatic heterocycles. The average Bonchev–Trinajstić information content (AvgIpc) is 2.47. The highest BCUT2D eigenvalue weighted by atomic mass is 35.5. The highest BCUT2D eigenvalue weighted by Gasteiger charge is 2.16. The third-order valence-corrected chi connectivity index (χ3v) is 4.07. The molecule has 2 aromatic rings. The third kappa shape index (κ3) is 2.94. The van der Waals surface area contributed by atoms with Gasteiger partial charge in [0.05, 0.1) is 10.6 Å². The monoisotopic (exact) mass is 300 g/mol. The Morgan fingerprint density at radius 2 is 2.14 bits per heavy atom. The van der Waals surface area contributed by atoms with E-state index in [1.807, 2.05) is 25.1 Å². The number of benzene rings is 2. The summed E-state index contributed by atoms with van der Waals surface area (Å²) in [5.41, 5.74) is 4.89. The minimum absolute atomic E-state index is 0.160. The minimum atomic E-state index is -0.160. The lowest BCUT2D eigenvalue weighted by molar-refractivity contribution is 0.102. The highest BCUT2D eigenvalue weighted by molar-refractivity contribution is 6.34. The fourth-order valence-electron chi connectivity index (χ4n) is 2.64. The molecule has 21 heavy (non-hydrogen) atoms. The van der Waals surface area contributed by atoms with Gasteiger partial charge in [0.1, 0.15) is 0 Å². The van der Waals surface area contributed by atoms with E-state index in [0.717, 1.165) is 30.8 Å². The van der Waals surface area contributed by atoms with Crippen LogP contribution in [-0.4, -0.2) is 12.5 Å². The van der Waals surface area contributed by atoms with Crippen LogP contribution in [0.15, 0.2) is 36.4 Å². The first-order valence-electron chi connectivity index (χ1n) is 7.04. The lowest BCUT2D eigenvalue weighted by Gasteiger charge is -2.20. The van der Waals surface area contributed by atoms with Crippen molar-refractivity contribution in [1.29, 1.82) is 0 Å². The van der Waals surface area contributed by atoms with Crippen molar-refractivity contribution in [1.82, 2.24) is 5.32 Å². The van der Waals surface area contributed by atoms with Crippen molar-refractivity contribution in [3.8, 4) is 0 Å². The molecule has 0 fully saturated rings. The Balaban J connectivity index is 1.88. The first-order valence-corrected chi connectivity index (χ1v) is 7.42. The maximum absolute atomic E-state index is 12.4. The zero-order chi connectivity index (χ0) is 14.8. The van der Waals surface area contributed by atoms with E-state index < -0.39 is 0 Å². The molecule has 3 rings (SSSR count). The standard InChI is InChI=1S/C17H17ClN2O/c1-11-5-6-14(15(18)9-11)17(21)20-16-4-2-3-12-10-19-8-7-13(12)16/h2-6,9,19H,7-8,10H2,1H3,(H,20,21). The molecule has 0 spiro atoms. The van der Waals surface area contributed by atoms with Gasteiger partial charge in [-0.25, -0.2) is 0 Å². The average molecular weight is 301 g/mol. The van der Waals surface area contributed by atoms with Gasteiger partial charge in [-0.05, 0) is 54.8 Å².